The number of likely N-dealkylation sites (tertiary alicyclic amines) is 1. The molecule has 0 aromatic rings. The van der Waals surface area contributed by atoms with Crippen molar-refractivity contribution in [3.8, 4) is 0 Å². The van der Waals surface area contributed by atoms with Gasteiger partial charge in [-0.2, -0.15) is 0 Å². The summed E-state index contributed by atoms with van der Waals surface area (Å²) in [7, 11) is 0. The molecule has 2 rings (SSSR count). The molecular formula is C11H21FN2. The molecule has 2 aliphatic rings. The molecule has 1 aliphatic heterocycles. The Morgan fingerprint density at radius 2 is 2.00 bits per heavy atom. The topological polar surface area (TPSA) is 29.3 Å². The van der Waals surface area contributed by atoms with Crippen molar-refractivity contribution in [2.24, 2.45) is 5.73 Å². The van der Waals surface area contributed by atoms with Crippen molar-refractivity contribution in [2.45, 2.75) is 50.1 Å². The molecule has 82 valence electrons. The van der Waals surface area contributed by atoms with Gasteiger partial charge >= 0.3 is 0 Å². The van der Waals surface area contributed by atoms with E-state index in [1.54, 1.807) is 0 Å². The van der Waals surface area contributed by atoms with Crippen molar-refractivity contribution in [3.05, 3.63) is 0 Å². The van der Waals surface area contributed by atoms with Gasteiger partial charge in [-0.25, -0.2) is 4.39 Å². The Labute approximate surface area is 85.6 Å². The van der Waals surface area contributed by atoms with E-state index >= 15 is 0 Å². The highest BCUT2D eigenvalue weighted by atomic mass is 19.1. The first-order valence-corrected chi connectivity index (χ1v) is 5.82. The molecule has 1 aliphatic carbocycles. The predicted octanol–water partition coefficient (Wildman–Crippen LogP) is 1.69. The fourth-order valence-electron chi connectivity index (χ4n) is 2.80. The number of hydrogen-bond acceptors (Lipinski definition) is 2. The maximum Gasteiger partial charge on any atom is 0.109 e. The van der Waals surface area contributed by atoms with Gasteiger partial charge in [-0.3, -0.25) is 4.90 Å². The lowest BCUT2D eigenvalue weighted by atomic mass is 9.94. The third-order valence-electron chi connectivity index (χ3n) is 3.77. The lowest BCUT2D eigenvalue weighted by molar-refractivity contribution is 0.175. The molecule has 2 fully saturated rings. The first kappa shape index (κ1) is 10.4. The third-order valence-corrected chi connectivity index (χ3v) is 3.77. The van der Waals surface area contributed by atoms with Crippen LogP contribution < -0.4 is 5.73 Å². The van der Waals surface area contributed by atoms with Gasteiger partial charge in [-0.05, 0) is 19.3 Å². The molecule has 0 aromatic carbocycles. The maximum absolute atomic E-state index is 12.7. The van der Waals surface area contributed by atoms with Crippen LogP contribution in [0.25, 0.3) is 0 Å². The summed E-state index contributed by atoms with van der Waals surface area (Å²) in [6.07, 6.45) is 7.48. The van der Waals surface area contributed by atoms with Crippen LogP contribution in [0.1, 0.15) is 38.5 Å². The van der Waals surface area contributed by atoms with Crippen LogP contribution in [0.3, 0.4) is 0 Å². The van der Waals surface area contributed by atoms with Crippen LogP contribution in [0.4, 0.5) is 4.39 Å². The van der Waals surface area contributed by atoms with E-state index in [-0.39, 0.29) is 6.67 Å². The molecular weight excluding hydrogens is 179 g/mol. The van der Waals surface area contributed by atoms with Crippen molar-refractivity contribution in [1.82, 2.24) is 4.90 Å². The molecule has 0 spiro atoms. The molecule has 1 heterocycles. The van der Waals surface area contributed by atoms with Crippen molar-refractivity contribution in [2.75, 3.05) is 19.8 Å². The Morgan fingerprint density at radius 3 is 2.57 bits per heavy atom. The van der Waals surface area contributed by atoms with Crippen molar-refractivity contribution in [1.29, 1.82) is 0 Å². The molecule has 0 amide bonds. The number of nitrogens with zero attached hydrogens (tertiary/aromatic N) is 1. The van der Waals surface area contributed by atoms with Crippen molar-refractivity contribution in [3.63, 3.8) is 0 Å². The van der Waals surface area contributed by atoms with E-state index in [9.17, 15) is 4.39 Å². The summed E-state index contributed by atoms with van der Waals surface area (Å²) >= 11 is 0. The molecule has 14 heavy (non-hydrogen) atoms. The standard InChI is InChI=1S/C11H21FN2/c12-8-11(13)6-7-14(9-11)10-4-2-1-3-5-10/h10H,1-9,13H2. The summed E-state index contributed by atoms with van der Waals surface area (Å²) in [6, 6.07) is 0.695. The van der Waals surface area contributed by atoms with Crippen LogP contribution in [-0.2, 0) is 0 Å². The molecule has 2 nitrogen and oxygen atoms in total. The Kier molecular flexibility index (Phi) is 3.07. The Bertz CT molecular complexity index is 192. The monoisotopic (exact) mass is 200 g/mol. The Hall–Kier alpha value is -0.150. The summed E-state index contributed by atoms with van der Waals surface area (Å²) in [4.78, 5) is 2.42. The van der Waals surface area contributed by atoms with Crippen molar-refractivity contribution < 1.29 is 4.39 Å². The van der Waals surface area contributed by atoms with Crippen LogP contribution in [0, 0.1) is 0 Å². The second kappa shape index (κ2) is 4.15. The van der Waals surface area contributed by atoms with Crippen LogP contribution in [0.15, 0.2) is 0 Å². The van der Waals surface area contributed by atoms with Crippen LogP contribution >= 0.6 is 0 Å². The number of rotatable bonds is 2. The Balaban J connectivity index is 1.88. The summed E-state index contributed by atoms with van der Waals surface area (Å²) in [5.74, 6) is 0. The average Bonchev–Trinajstić information content (AvgIpc) is 2.63. The average molecular weight is 200 g/mol. The van der Waals surface area contributed by atoms with Crippen LogP contribution in [0.2, 0.25) is 0 Å². The second-order valence-corrected chi connectivity index (χ2v) is 5.01. The highest BCUT2D eigenvalue weighted by molar-refractivity contribution is 4.96. The van der Waals surface area contributed by atoms with E-state index in [1.165, 1.54) is 32.1 Å². The molecule has 3 heteroatoms. The molecule has 1 saturated carbocycles. The fraction of sp³-hybridized carbons (Fsp3) is 1.00. The molecule has 0 radical (unpaired) electrons. The molecule has 1 unspecified atom stereocenters. The van der Waals surface area contributed by atoms with Gasteiger partial charge in [-0.1, -0.05) is 19.3 Å². The highest BCUT2D eigenvalue weighted by Gasteiger charge is 2.37. The number of nitrogens with two attached hydrogens (primary N) is 1. The smallest absolute Gasteiger partial charge is 0.109 e. The first-order chi connectivity index (χ1) is 6.73. The van der Waals surface area contributed by atoms with Gasteiger partial charge < -0.3 is 5.73 Å². The van der Waals surface area contributed by atoms with Crippen LogP contribution in [-0.4, -0.2) is 36.2 Å². The number of halogens is 1. The normalized spacial score (nSPS) is 36.4. The van der Waals surface area contributed by atoms with Gasteiger partial charge in [-0.15, -0.1) is 0 Å². The summed E-state index contributed by atoms with van der Waals surface area (Å²) < 4.78 is 12.7. The molecule has 0 aromatic heterocycles. The van der Waals surface area contributed by atoms with Crippen molar-refractivity contribution >= 4 is 0 Å². The Morgan fingerprint density at radius 1 is 1.29 bits per heavy atom. The third kappa shape index (κ3) is 2.09. The summed E-state index contributed by atoms with van der Waals surface area (Å²) in [5, 5.41) is 0. The second-order valence-electron chi connectivity index (χ2n) is 5.01. The molecule has 0 bridgehead atoms. The minimum Gasteiger partial charge on any atom is -0.322 e. The van der Waals surface area contributed by atoms with E-state index in [4.69, 9.17) is 5.73 Å². The van der Waals surface area contributed by atoms with E-state index in [1.807, 2.05) is 0 Å². The molecule has 2 N–H and O–H groups in total. The minimum atomic E-state index is -0.530. The maximum atomic E-state index is 12.7. The first-order valence-electron chi connectivity index (χ1n) is 5.82. The number of alkyl halides is 1. The van der Waals surface area contributed by atoms with Gasteiger partial charge in [0, 0.05) is 19.1 Å². The van der Waals surface area contributed by atoms with Crippen LogP contribution in [0.5, 0.6) is 0 Å². The van der Waals surface area contributed by atoms with E-state index in [2.05, 4.69) is 4.90 Å². The van der Waals surface area contributed by atoms with E-state index < -0.39 is 5.54 Å². The van der Waals surface area contributed by atoms with Gasteiger partial charge in [0.05, 0.1) is 5.54 Å². The largest absolute Gasteiger partial charge is 0.322 e. The quantitative estimate of drug-likeness (QED) is 0.735. The zero-order valence-electron chi connectivity index (χ0n) is 8.84. The van der Waals surface area contributed by atoms with E-state index in [0.717, 1.165) is 19.5 Å². The molecule has 1 saturated heterocycles. The van der Waals surface area contributed by atoms with Gasteiger partial charge in [0.2, 0.25) is 0 Å². The predicted molar refractivity (Wildman–Crippen MR) is 56.0 cm³/mol. The highest BCUT2D eigenvalue weighted by Crippen LogP contribution is 2.28. The zero-order chi connectivity index (χ0) is 10.0. The fourth-order valence-corrected chi connectivity index (χ4v) is 2.80. The lowest BCUT2D eigenvalue weighted by Crippen LogP contribution is -2.46. The SMILES string of the molecule is NC1(CF)CCN(C2CCCCC2)C1. The minimum absolute atomic E-state index is 0.365. The van der Waals surface area contributed by atoms with Gasteiger partial charge in [0.15, 0.2) is 0 Å². The van der Waals surface area contributed by atoms with E-state index in [0.29, 0.717) is 6.04 Å². The number of hydrogen-bond donors (Lipinski definition) is 1. The summed E-state index contributed by atoms with van der Waals surface area (Å²) in [6.45, 7) is 1.41. The molecule has 1 atom stereocenters. The lowest BCUT2D eigenvalue weighted by Gasteiger charge is -2.32. The summed E-state index contributed by atoms with van der Waals surface area (Å²) in [5.41, 5.74) is 5.41. The van der Waals surface area contributed by atoms with Gasteiger partial charge in [0.1, 0.15) is 6.67 Å². The van der Waals surface area contributed by atoms with Gasteiger partial charge in [0.25, 0.3) is 0 Å². The zero-order valence-corrected chi connectivity index (χ0v) is 8.84.